The lowest BCUT2D eigenvalue weighted by Gasteiger charge is -1.97. The van der Waals surface area contributed by atoms with Gasteiger partial charge in [-0.2, -0.15) is 5.26 Å². The molecule has 2 aromatic rings. The summed E-state index contributed by atoms with van der Waals surface area (Å²) in [5.74, 6) is 0. The molecule has 2 rings (SSSR count). The van der Waals surface area contributed by atoms with Gasteiger partial charge in [-0.25, -0.2) is 0 Å². The van der Waals surface area contributed by atoms with Crippen molar-refractivity contribution in [2.24, 2.45) is 0 Å². The molecule has 0 spiro atoms. The van der Waals surface area contributed by atoms with Gasteiger partial charge in [-0.1, -0.05) is 12.1 Å². The van der Waals surface area contributed by atoms with Crippen molar-refractivity contribution in [3.8, 4) is 6.07 Å². The molecule has 0 aliphatic heterocycles. The third kappa shape index (κ3) is 2.62. The molecular weight excluding hydrogens is 248 g/mol. The molecule has 0 saturated heterocycles. The predicted molar refractivity (Wildman–Crippen MR) is 71.1 cm³/mol. The summed E-state index contributed by atoms with van der Waals surface area (Å²) in [7, 11) is 0. The van der Waals surface area contributed by atoms with E-state index in [9.17, 15) is 10.1 Å². The molecule has 0 aliphatic carbocycles. The summed E-state index contributed by atoms with van der Waals surface area (Å²) >= 11 is 1.59. The highest BCUT2D eigenvalue weighted by molar-refractivity contribution is 7.10. The zero-order chi connectivity index (χ0) is 13.0. The highest BCUT2D eigenvalue weighted by atomic mass is 32.1. The van der Waals surface area contributed by atoms with Gasteiger partial charge in [-0.15, -0.1) is 11.3 Å². The maximum Gasteiger partial charge on any atom is 0.270 e. The monoisotopic (exact) mass is 256 g/mol. The van der Waals surface area contributed by atoms with Crippen molar-refractivity contribution >= 4 is 29.2 Å². The van der Waals surface area contributed by atoms with Crippen LogP contribution in [-0.4, -0.2) is 4.92 Å². The molecule has 0 unspecified atom stereocenters. The first-order valence-corrected chi connectivity index (χ1v) is 5.99. The van der Waals surface area contributed by atoms with E-state index >= 15 is 0 Å². The Hall–Kier alpha value is -2.45. The van der Waals surface area contributed by atoms with E-state index in [1.165, 1.54) is 12.1 Å². The van der Waals surface area contributed by atoms with Crippen LogP contribution in [0.15, 0.2) is 35.7 Å². The molecule has 0 saturated carbocycles. The zero-order valence-electron chi connectivity index (χ0n) is 9.24. The minimum absolute atomic E-state index is 0.0696. The molecule has 4 nitrogen and oxygen atoms in total. The summed E-state index contributed by atoms with van der Waals surface area (Å²) in [6.07, 6.45) is 3.67. The standard InChI is InChI=1S/C13H8N2O2S/c14-9-11-8-12(15(16)17)5-3-10(11)4-6-13-2-1-7-18-13/h1-8H. The molecule has 0 fully saturated rings. The molecule has 1 aromatic carbocycles. The minimum Gasteiger partial charge on any atom is -0.258 e. The Morgan fingerprint density at radius 2 is 2.17 bits per heavy atom. The van der Waals surface area contributed by atoms with Crippen LogP contribution in [0.3, 0.4) is 0 Å². The number of nitro benzene ring substituents is 1. The number of hydrogen-bond acceptors (Lipinski definition) is 4. The molecule has 0 N–H and O–H groups in total. The summed E-state index contributed by atoms with van der Waals surface area (Å²) in [4.78, 5) is 11.2. The minimum atomic E-state index is -0.506. The van der Waals surface area contributed by atoms with E-state index in [1.54, 1.807) is 23.5 Å². The number of nitrogens with zero attached hydrogens (tertiary/aromatic N) is 2. The summed E-state index contributed by atoms with van der Waals surface area (Å²) in [6.45, 7) is 0. The number of nitriles is 1. The Kier molecular flexibility index (Phi) is 3.51. The van der Waals surface area contributed by atoms with Crippen LogP contribution in [0, 0.1) is 21.4 Å². The van der Waals surface area contributed by atoms with Gasteiger partial charge in [0.15, 0.2) is 0 Å². The van der Waals surface area contributed by atoms with Crippen molar-refractivity contribution in [3.05, 3.63) is 61.8 Å². The second-order valence-corrected chi connectivity index (χ2v) is 4.47. The highest BCUT2D eigenvalue weighted by Crippen LogP contribution is 2.20. The van der Waals surface area contributed by atoms with E-state index in [1.807, 2.05) is 29.7 Å². The SMILES string of the molecule is N#Cc1cc([N+](=O)[O-])ccc1C=Cc1cccs1. The van der Waals surface area contributed by atoms with E-state index in [0.29, 0.717) is 11.1 Å². The van der Waals surface area contributed by atoms with Crippen LogP contribution >= 0.6 is 11.3 Å². The van der Waals surface area contributed by atoms with Crippen LogP contribution < -0.4 is 0 Å². The average Bonchev–Trinajstić information content (AvgIpc) is 2.89. The quantitative estimate of drug-likeness (QED) is 0.621. The Bertz CT molecular complexity index is 640. The highest BCUT2D eigenvalue weighted by Gasteiger charge is 2.08. The van der Waals surface area contributed by atoms with E-state index < -0.39 is 4.92 Å². The Morgan fingerprint density at radius 3 is 2.78 bits per heavy atom. The fourth-order valence-electron chi connectivity index (χ4n) is 1.46. The van der Waals surface area contributed by atoms with Crippen LogP contribution in [0.25, 0.3) is 12.2 Å². The van der Waals surface area contributed by atoms with Gasteiger partial charge in [0.25, 0.3) is 5.69 Å². The maximum absolute atomic E-state index is 10.6. The van der Waals surface area contributed by atoms with Gasteiger partial charge in [0.1, 0.15) is 6.07 Å². The van der Waals surface area contributed by atoms with Gasteiger partial charge in [-0.3, -0.25) is 10.1 Å². The number of rotatable bonds is 3. The molecule has 88 valence electrons. The Morgan fingerprint density at radius 1 is 1.33 bits per heavy atom. The number of hydrogen-bond donors (Lipinski definition) is 0. The van der Waals surface area contributed by atoms with Crippen LogP contribution in [0.1, 0.15) is 16.0 Å². The first-order chi connectivity index (χ1) is 8.70. The van der Waals surface area contributed by atoms with Crippen molar-refractivity contribution in [1.29, 1.82) is 5.26 Å². The largest absolute Gasteiger partial charge is 0.270 e. The molecule has 0 aliphatic rings. The topological polar surface area (TPSA) is 66.9 Å². The summed E-state index contributed by atoms with van der Waals surface area (Å²) in [6, 6.07) is 10.1. The van der Waals surface area contributed by atoms with Crippen molar-refractivity contribution < 1.29 is 4.92 Å². The van der Waals surface area contributed by atoms with Gasteiger partial charge >= 0.3 is 0 Å². The lowest BCUT2D eigenvalue weighted by atomic mass is 10.1. The van der Waals surface area contributed by atoms with Gasteiger partial charge in [-0.05, 0) is 29.2 Å². The third-order valence-corrected chi connectivity index (χ3v) is 3.18. The van der Waals surface area contributed by atoms with Crippen molar-refractivity contribution in [1.82, 2.24) is 0 Å². The van der Waals surface area contributed by atoms with Gasteiger partial charge < -0.3 is 0 Å². The van der Waals surface area contributed by atoms with Crippen LogP contribution in [-0.2, 0) is 0 Å². The Labute approximate surface area is 108 Å². The van der Waals surface area contributed by atoms with Crippen LogP contribution in [0.2, 0.25) is 0 Å². The maximum atomic E-state index is 10.6. The molecule has 1 aromatic heterocycles. The van der Waals surface area contributed by atoms with E-state index in [4.69, 9.17) is 5.26 Å². The normalized spacial score (nSPS) is 10.4. The molecule has 0 radical (unpaired) electrons. The lowest BCUT2D eigenvalue weighted by molar-refractivity contribution is -0.384. The second-order valence-electron chi connectivity index (χ2n) is 3.49. The average molecular weight is 256 g/mol. The summed E-state index contributed by atoms with van der Waals surface area (Å²) in [5.41, 5.74) is 0.910. The number of thiophene rings is 1. The van der Waals surface area contributed by atoms with Crippen LogP contribution in [0.4, 0.5) is 5.69 Å². The van der Waals surface area contributed by atoms with Crippen molar-refractivity contribution in [3.63, 3.8) is 0 Å². The second kappa shape index (κ2) is 5.25. The van der Waals surface area contributed by atoms with E-state index in [0.717, 1.165) is 4.88 Å². The lowest BCUT2D eigenvalue weighted by Crippen LogP contribution is -1.90. The van der Waals surface area contributed by atoms with E-state index in [-0.39, 0.29) is 5.69 Å². The summed E-state index contributed by atoms with van der Waals surface area (Å²) < 4.78 is 0. The molecule has 0 amide bonds. The van der Waals surface area contributed by atoms with Gasteiger partial charge in [0.05, 0.1) is 10.5 Å². The van der Waals surface area contributed by atoms with Crippen molar-refractivity contribution in [2.75, 3.05) is 0 Å². The zero-order valence-corrected chi connectivity index (χ0v) is 10.1. The van der Waals surface area contributed by atoms with Crippen LogP contribution in [0.5, 0.6) is 0 Å². The molecular formula is C13H8N2O2S. The predicted octanol–water partition coefficient (Wildman–Crippen LogP) is 3.70. The van der Waals surface area contributed by atoms with Gasteiger partial charge in [0.2, 0.25) is 0 Å². The molecule has 1 heterocycles. The molecule has 0 atom stereocenters. The van der Waals surface area contributed by atoms with Gasteiger partial charge in [0, 0.05) is 17.0 Å². The third-order valence-electron chi connectivity index (χ3n) is 2.34. The number of non-ortho nitro benzene ring substituents is 1. The fourth-order valence-corrected chi connectivity index (χ4v) is 2.08. The first kappa shape index (κ1) is 12.0. The summed E-state index contributed by atoms with van der Waals surface area (Å²) in [5, 5.41) is 21.5. The number of benzene rings is 1. The van der Waals surface area contributed by atoms with E-state index in [2.05, 4.69) is 0 Å². The van der Waals surface area contributed by atoms with Crippen molar-refractivity contribution in [2.45, 2.75) is 0 Å². The smallest absolute Gasteiger partial charge is 0.258 e. The fraction of sp³-hybridized carbons (Fsp3) is 0. The molecule has 18 heavy (non-hydrogen) atoms. The molecule has 0 bridgehead atoms. The first-order valence-electron chi connectivity index (χ1n) is 5.11. The molecule has 5 heteroatoms. The number of nitro groups is 1. The Balaban J connectivity index is 2.34.